The van der Waals surface area contributed by atoms with Crippen LogP contribution in [-0.4, -0.2) is 12.3 Å². The first-order chi connectivity index (χ1) is 10.2. The number of hydrogen-bond donors (Lipinski definition) is 1. The molecule has 2 rings (SSSR count). The van der Waals surface area contributed by atoms with Gasteiger partial charge in [-0.25, -0.2) is 8.78 Å². The lowest BCUT2D eigenvalue weighted by Gasteiger charge is -2.26. The predicted molar refractivity (Wildman–Crippen MR) is 84.5 cm³/mol. The zero-order valence-electron chi connectivity index (χ0n) is 12.1. The molecule has 1 nitrogen and oxygen atoms in total. The fraction of sp³-hybridized carbons (Fsp3) is 0.294. The molecular formula is C17H19F2NS. The summed E-state index contributed by atoms with van der Waals surface area (Å²) in [4.78, 5) is 0.747. The zero-order valence-corrected chi connectivity index (χ0v) is 13.0. The summed E-state index contributed by atoms with van der Waals surface area (Å²) in [5.41, 5.74) is 1.20. The summed E-state index contributed by atoms with van der Waals surface area (Å²) >= 11 is 1.57. The van der Waals surface area contributed by atoms with Gasteiger partial charge in [0.05, 0.1) is 0 Å². The van der Waals surface area contributed by atoms with Crippen LogP contribution in [0.2, 0.25) is 0 Å². The topological polar surface area (TPSA) is 12.0 Å². The van der Waals surface area contributed by atoms with E-state index in [9.17, 15) is 8.78 Å². The molecule has 0 amide bonds. The van der Waals surface area contributed by atoms with E-state index in [1.54, 1.807) is 17.8 Å². The van der Waals surface area contributed by atoms with Crippen LogP contribution in [0.1, 0.15) is 24.9 Å². The number of rotatable bonds is 6. The van der Waals surface area contributed by atoms with Gasteiger partial charge in [-0.1, -0.05) is 37.3 Å². The Hall–Kier alpha value is -1.39. The second-order valence-electron chi connectivity index (χ2n) is 4.82. The molecule has 2 unspecified atom stereocenters. The molecule has 2 aromatic rings. The van der Waals surface area contributed by atoms with Crippen molar-refractivity contribution >= 4 is 11.8 Å². The molecule has 0 spiro atoms. The number of halogens is 2. The number of benzene rings is 2. The largest absolute Gasteiger partial charge is 0.312 e. The first-order valence-corrected chi connectivity index (χ1v) is 7.87. The fourth-order valence-electron chi connectivity index (χ4n) is 2.34. The van der Waals surface area contributed by atoms with E-state index in [-0.39, 0.29) is 11.3 Å². The maximum atomic E-state index is 13.3. The first-order valence-electron chi connectivity index (χ1n) is 6.99. The first kappa shape index (κ1) is 16.0. The molecule has 0 bridgehead atoms. The number of nitrogens with one attached hydrogen (secondary N) is 1. The zero-order chi connectivity index (χ0) is 15.2. The molecule has 0 heterocycles. The van der Waals surface area contributed by atoms with Crippen LogP contribution in [0, 0.1) is 11.6 Å². The summed E-state index contributed by atoms with van der Waals surface area (Å²) < 4.78 is 26.3. The van der Waals surface area contributed by atoms with Crippen LogP contribution in [0.5, 0.6) is 0 Å². The van der Waals surface area contributed by atoms with Crippen LogP contribution in [0.15, 0.2) is 53.4 Å². The third-order valence-electron chi connectivity index (χ3n) is 3.42. The van der Waals surface area contributed by atoms with Crippen LogP contribution in [0.3, 0.4) is 0 Å². The molecule has 2 aromatic carbocycles. The Morgan fingerprint density at radius 2 is 1.76 bits per heavy atom. The minimum atomic E-state index is -0.805. The lowest BCUT2D eigenvalue weighted by molar-refractivity contribution is 0.505. The monoisotopic (exact) mass is 307 g/mol. The molecule has 0 radical (unpaired) electrons. The van der Waals surface area contributed by atoms with Crippen molar-refractivity contribution in [3.8, 4) is 0 Å². The van der Waals surface area contributed by atoms with Crippen molar-refractivity contribution in [3.63, 3.8) is 0 Å². The van der Waals surface area contributed by atoms with Gasteiger partial charge in [-0.05, 0) is 37.2 Å². The summed E-state index contributed by atoms with van der Waals surface area (Å²) in [5, 5.41) is 3.57. The van der Waals surface area contributed by atoms with E-state index in [4.69, 9.17) is 0 Å². The molecule has 112 valence electrons. The third-order valence-corrected chi connectivity index (χ3v) is 4.86. The average Bonchev–Trinajstić information content (AvgIpc) is 2.51. The van der Waals surface area contributed by atoms with Crippen molar-refractivity contribution in [1.29, 1.82) is 0 Å². The molecule has 4 heteroatoms. The lowest BCUT2D eigenvalue weighted by atomic mass is 10.0. The Balaban J connectivity index is 2.19. The van der Waals surface area contributed by atoms with Gasteiger partial charge in [-0.15, -0.1) is 11.8 Å². The highest BCUT2D eigenvalue weighted by molar-refractivity contribution is 8.00. The quantitative estimate of drug-likeness (QED) is 0.770. The minimum Gasteiger partial charge on any atom is -0.312 e. The van der Waals surface area contributed by atoms with Gasteiger partial charge in [0.25, 0.3) is 0 Å². The highest BCUT2D eigenvalue weighted by atomic mass is 32.2. The maximum absolute atomic E-state index is 13.3. The van der Waals surface area contributed by atoms with Gasteiger partial charge in [0, 0.05) is 16.2 Å². The summed E-state index contributed by atoms with van der Waals surface area (Å²) in [7, 11) is 1.92. The molecule has 0 aliphatic rings. The van der Waals surface area contributed by atoms with Crippen LogP contribution in [-0.2, 0) is 0 Å². The predicted octanol–water partition coefficient (Wildman–Crippen LogP) is 4.80. The van der Waals surface area contributed by atoms with E-state index >= 15 is 0 Å². The van der Waals surface area contributed by atoms with Crippen molar-refractivity contribution in [2.45, 2.75) is 29.5 Å². The third kappa shape index (κ3) is 4.05. The molecule has 0 saturated carbocycles. The molecule has 1 N–H and O–H groups in total. The number of thioether (sulfide) groups is 1. The van der Waals surface area contributed by atoms with Gasteiger partial charge < -0.3 is 5.32 Å². The second-order valence-corrected chi connectivity index (χ2v) is 6.13. The van der Waals surface area contributed by atoms with Gasteiger partial charge in [0.15, 0.2) is 11.6 Å². The standard InChI is InChI=1S/C17H19F2NS/c1-3-16(17(20-2)12-7-5-4-6-8-12)21-13-9-10-14(18)15(19)11-13/h4-11,16-17,20H,3H2,1-2H3. The Bertz CT molecular complexity index is 574. The van der Waals surface area contributed by atoms with E-state index in [1.165, 1.54) is 17.7 Å². The minimum absolute atomic E-state index is 0.161. The second kappa shape index (κ2) is 7.57. The normalized spacial score (nSPS) is 13.9. The number of hydrogen-bond acceptors (Lipinski definition) is 2. The van der Waals surface area contributed by atoms with E-state index in [0.717, 1.165) is 11.3 Å². The molecule has 21 heavy (non-hydrogen) atoms. The van der Waals surface area contributed by atoms with Gasteiger partial charge in [-0.3, -0.25) is 0 Å². The fourth-order valence-corrected chi connectivity index (χ4v) is 3.60. The van der Waals surface area contributed by atoms with Crippen molar-refractivity contribution in [2.24, 2.45) is 0 Å². The summed E-state index contributed by atoms with van der Waals surface area (Å²) in [6.07, 6.45) is 0.921. The van der Waals surface area contributed by atoms with Gasteiger partial charge in [0.1, 0.15) is 0 Å². The lowest BCUT2D eigenvalue weighted by Crippen LogP contribution is -2.26. The Morgan fingerprint density at radius 1 is 1.05 bits per heavy atom. The Labute approximate surface area is 128 Å². The van der Waals surface area contributed by atoms with Crippen molar-refractivity contribution < 1.29 is 8.78 Å². The van der Waals surface area contributed by atoms with Crippen LogP contribution in [0.4, 0.5) is 8.78 Å². The van der Waals surface area contributed by atoms with Crippen molar-refractivity contribution in [3.05, 3.63) is 65.7 Å². The van der Waals surface area contributed by atoms with Gasteiger partial charge in [0.2, 0.25) is 0 Å². The molecule has 0 aromatic heterocycles. The average molecular weight is 307 g/mol. The maximum Gasteiger partial charge on any atom is 0.159 e. The van der Waals surface area contributed by atoms with E-state index in [1.807, 2.05) is 25.2 Å². The molecule has 2 atom stereocenters. The molecule has 0 fully saturated rings. The smallest absolute Gasteiger partial charge is 0.159 e. The summed E-state index contributed by atoms with van der Waals surface area (Å²) in [6.45, 7) is 2.10. The van der Waals surface area contributed by atoms with Gasteiger partial charge >= 0.3 is 0 Å². The van der Waals surface area contributed by atoms with E-state index in [2.05, 4.69) is 24.4 Å². The highest BCUT2D eigenvalue weighted by Crippen LogP contribution is 2.34. The van der Waals surface area contributed by atoms with E-state index in [0.29, 0.717) is 0 Å². The SMILES string of the molecule is CCC(Sc1ccc(F)c(F)c1)C(NC)c1ccccc1. The summed E-state index contributed by atoms with van der Waals surface area (Å²) in [6, 6.07) is 14.4. The van der Waals surface area contributed by atoms with Crippen LogP contribution >= 0.6 is 11.8 Å². The Kier molecular flexibility index (Phi) is 5.76. The van der Waals surface area contributed by atoms with Crippen LogP contribution in [0.25, 0.3) is 0 Å². The van der Waals surface area contributed by atoms with Crippen molar-refractivity contribution in [2.75, 3.05) is 7.05 Å². The molecule has 0 aliphatic heterocycles. The van der Waals surface area contributed by atoms with Crippen molar-refractivity contribution in [1.82, 2.24) is 5.32 Å². The van der Waals surface area contributed by atoms with E-state index < -0.39 is 11.6 Å². The molecule has 0 saturated heterocycles. The summed E-state index contributed by atoms with van der Waals surface area (Å²) in [5.74, 6) is -1.60. The van der Waals surface area contributed by atoms with Crippen LogP contribution < -0.4 is 5.32 Å². The Morgan fingerprint density at radius 3 is 2.33 bits per heavy atom. The molecular weight excluding hydrogens is 288 g/mol. The highest BCUT2D eigenvalue weighted by Gasteiger charge is 2.21. The van der Waals surface area contributed by atoms with Gasteiger partial charge in [-0.2, -0.15) is 0 Å². The molecule has 0 aliphatic carbocycles.